The van der Waals surface area contributed by atoms with E-state index in [-0.39, 0.29) is 32.7 Å². The van der Waals surface area contributed by atoms with Crippen LogP contribution in [-0.4, -0.2) is 16.1 Å². The highest BCUT2D eigenvalue weighted by molar-refractivity contribution is 6.87. The van der Waals surface area contributed by atoms with Crippen molar-refractivity contribution in [2.75, 3.05) is 0 Å². The molecule has 6 nitrogen and oxygen atoms in total. The van der Waals surface area contributed by atoms with Crippen molar-refractivity contribution in [1.29, 1.82) is 31.6 Å². The molecule has 2 aliphatic rings. The van der Waals surface area contributed by atoms with Crippen molar-refractivity contribution in [3.8, 4) is 36.4 Å². The Bertz CT molecular complexity index is 1510. The summed E-state index contributed by atoms with van der Waals surface area (Å²) in [5.41, 5.74) is -3.20. The van der Waals surface area contributed by atoms with E-state index in [2.05, 4.69) is 0 Å². The van der Waals surface area contributed by atoms with Gasteiger partial charge in [-0.25, -0.2) is 8.78 Å². The summed E-state index contributed by atoms with van der Waals surface area (Å²) in [5, 5.41) is 59.3. The van der Waals surface area contributed by atoms with Crippen LogP contribution >= 0.6 is 0 Å². The van der Waals surface area contributed by atoms with Crippen LogP contribution < -0.4 is 0 Å². The Morgan fingerprint density at radius 3 is 1.03 bits per heavy atom. The highest BCUT2D eigenvalue weighted by atomic mass is 28.3. The Labute approximate surface area is 209 Å². The SMILES string of the molecule is C[Si](C)(C)C1=C(C#N)c2c(F)c3c(c(F)c2C1=C(C#N)C#N)C(=C(C#N)C#N)C([Si](C)(C)C)=C3C#N. The van der Waals surface area contributed by atoms with E-state index in [9.17, 15) is 31.6 Å². The van der Waals surface area contributed by atoms with Gasteiger partial charge in [0.15, 0.2) is 0 Å². The third-order valence-electron chi connectivity index (χ3n) is 6.05. The zero-order chi connectivity index (χ0) is 27.3. The highest BCUT2D eigenvalue weighted by Crippen LogP contribution is 2.56. The van der Waals surface area contributed by atoms with Crippen molar-refractivity contribution in [3.63, 3.8) is 0 Å². The summed E-state index contributed by atoms with van der Waals surface area (Å²) < 4.78 is 33.1. The quantitative estimate of drug-likeness (QED) is 0.359. The lowest BCUT2D eigenvalue weighted by Crippen LogP contribution is -2.25. The van der Waals surface area contributed by atoms with Crippen LogP contribution in [0.4, 0.5) is 8.78 Å². The Morgan fingerprint density at radius 2 is 0.806 bits per heavy atom. The van der Waals surface area contributed by atoms with Crippen LogP contribution in [0.15, 0.2) is 21.5 Å². The second-order valence-corrected chi connectivity index (χ2v) is 20.3. The van der Waals surface area contributed by atoms with E-state index in [4.69, 9.17) is 0 Å². The standard InChI is InChI=1S/C26H18F2N6Si2/c1-35(2,3)25-15(11-33)19-21(17(25)13(7-29)8-30)24(28)22-18(14(9-31)10-32)26(36(4,5)6)16(12-34)20(22)23(19)27/h1-6H3. The number of hydrogen-bond donors (Lipinski definition) is 0. The molecule has 0 unspecified atom stereocenters. The summed E-state index contributed by atoms with van der Waals surface area (Å²) in [5.74, 6) is -2.11. The Kier molecular flexibility index (Phi) is 6.20. The minimum atomic E-state index is -2.58. The number of benzene rings is 1. The molecule has 2 aliphatic carbocycles. The van der Waals surface area contributed by atoms with Gasteiger partial charge in [-0.05, 0) is 10.4 Å². The van der Waals surface area contributed by atoms with E-state index in [1.165, 1.54) is 0 Å². The number of nitriles is 6. The molecule has 10 heteroatoms. The second-order valence-electron chi connectivity index (χ2n) is 10.3. The molecule has 0 aliphatic heterocycles. The summed E-state index contributed by atoms with van der Waals surface area (Å²) in [6.07, 6.45) is 0. The number of nitrogens with zero attached hydrogens (tertiary/aromatic N) is 6. The van der Waals surface area contributed by atoms with Gasteiger partial charge in [0.25, 0.3) is 0 Å². The third-order valence-corrected chi connectivity index (χ3v) is 10.0. The van der Waals surface area contributed by atoms with Crippen LogP contribution in [0, 0.1) is 79.6 Å². The Morgan fingerprint density at radius 1 is 0.528 bits per heavy atom. The summed E-state index contributed by atoms with van der Waals surface area (Å²) in [7, 11) is -5.16. The lowest BCUT2D eigenvalue weighted by atomic mass is 9.90. The van der Waals surface area contributed by atoms with Gasteiger partial charge in [0.2, 0.25) is 0 Å². The van der Waals surface area contributed by atoms with Gasteiger partial charge in [0.1, 0.15) is 47.1 Å². The average molecular weight is 509 g/mol. The van der Waals surface area contributed by atoms with E-state index in [0.717, 1.165) is 0 Å². The summed E-state index contributed by atoms with van der Waals surface area (Å²) in [4.78, 5) is 0. The summed E-state index contributed by atoms with van der Waals surface area (Å²) in [6, 6.07) is 10.9. The first-order valence-electron chi connectivity index (χ1n) is 10.7. The monoisotopic (exact) mass is 508 g/mol. The maximum Gasteiger partial charge on any atom is 0.141 e. The van der Waals surface area contributed by atoms with E-state index in [0.29, 0.717) is 0 Å². The van der Waals surface area contributed by atoms with Gasteiger partial charge in [-0.1, -0.05) is 39.3 Å². The fraction of sp³-hybridized carbons (Fsp3) is 0.231. The normalized spacial score (nSPS) is 14.2. The summed E-state index contributed by atoms with van der Waals surface area (Å²) in [6.45, 7) is 10.9. The van der Waals surface area contributed by atoms with Crippen LogP contribution in [0.3, 0.4) is 0 Å². The molecule has 0 fully saturated rings. The zero-order valence-corrected chi connectivity index (χ0v) is 22.4. The van der Waals surface area contributed by atoms with Gasteiger partial charge < -0.3 is 0 Å². The van der Waals surface area contributed by atoms with Gasteiger partial charge in [-0.3, -0.25) is 0 Å². The van der Waals surface area contributed by atoms with Crippen molar-refractivity contribution >= 4 is 38.4 Å². The predicted octanol–water partition coefficient (Wildman–Crippen LogP) is 5.90. The second kappa shape index (κ2) is 8.57. The van der Waals surface area contributed by atoms with Crippen molar-refractivity contribution in [2.24, 2.45) is 0 Å². The molecule has 0 aromatic heterocycles. The fourth-order valence-electron chi connectivity index (χ4n) is 4.88. The number of fused-ring (bicyclic) bond motifs is 2. The molecule has 0 N–H and O–H groups in total. The molecule has 0 bridgehead atoms. The van der Waals surface area contributed by atoms with Gasteiger partial charge >= 0.3 is 0 Å². The molecular formula is C26H18F2N6Si2. The van der Waals surface area contributed by atoms with E-state index < -0.39 is 61.2 Å². The minimum Gasteiger partial charge on any atom is -0.206 e. The molecule has 3 rings (SSSR count). The number of hydrogen-bond acceptors (Lipinski definition) is 6. The van der Waals surface area contributed by atoms with Gasteiger partial charge in [-0.2, -0.15) is 31.6 Å². The highest BCUT2D eigenvalue weighted by Gasteiger charge is 2.47. The molecule has 36 heavy (non-hydrogen) atoms. The van der Waals surface area contributed by atoms with Crippen molar-refractivity contribution in [3.05, 3.63) is 55.4 Å². The average Bonchev–Trinajstić information content (AvgIpc) is 3.34. The molecule has 1 aromatic rings. The van der Waals surface area contributed by atoms with E-state index in [1.807, 2.05) is 51.4 Å². The van der Waals surface area contributed by atoms with Crippen molar-refractivity contribution < 1.29 is 8.78 Å². The number of rotatable bonds is 2. The molecule has 0 amide bonds. The zero-order valence-electron chi connectivity index (χ0n) is 20.4. The Hall–Kier alpha value is -4.59. The predicted molar refractivity (Wildman–Crippen MR) is 134 cm³/mol. The first-order valence-corrected chi connectivity index (χ1v) is 17.7. The molecule has 1 aromatic carbocycles. The fourth-order valence-corrected chi connectivity index (χ4v) is 8.74. The molecule has 0 saturated carbocycles. The first kappa shape index (κ1) is 26.0. The molecule has 0 spiro atoms. The van der Waals surface area contributed by atoms with Crippen LogP contribution in [-0.2, 0) is 0 Å². The largest absolute Gasteiger partial charge is 0.206 e. The minimum absolute atomic E-state index is 0.139. The van der Waals surface area contributed by atoms with Crippen molar-refractivity contribution in [1.82, 2.24) is 0 Å². The van der Waals surface area contributed by atoms with Crippen LogP contribution in [0.1, 0.15) is 22.3 Å². The maximum absolute atomic E-state index is 16.6. The maximum atomic E-state index is 16.6. The van der Waals surface area contributed by atoms with Crippen molar-refractivity contribution in [2.45, 2.75) is 39.3 Å². The van der Waals surface area contributed by atoms with Crippen LogP contribution in [0.5, 0.6) is 0 Å². The van der Waals surface area contributed by atoms with Gasteiger partial charge in [0, 0.05) is 33.4 Å². The smallest absolute Gasteiger partial charge is 0.141 e. The van der Waals surface area contributed by atoms with Crippen LogP contribution in [0.25, 0.3) is 22.3 Å². The molecule has 0 atom stereocenters. The van der Waals surface area contributed by atoms with E-state index in [1.54, 1.807) is 24.3 Å². The molecular weight excluding hydrogens is 490 g/mol. The lowest BCUT2D eigenvalue weighted by molar-refractivity contribution is 0.590. The first-order chi connectivity index (χ1) is 16.8. The number of allylic oxidation sites excluding steroid dienone is 8. The van der Waals surface area contributed by atoms with E-state index >= 15 is 8.78 Å². The topological polar surface area (TPSA) is 143 Å². The Balaban J connectivity index is 2.80. The number of halogens is 2. The molecule has 174 valence electrons. The van der Waals surface area contributed by atoms with Gasteiger partial charge in [0.05, 0.1) is 39.4 Å². The lowest BCUT2D eigenvalue weighted by Gasteiger charge is -2.22. The molecule has 0 saturated heterocycles. The van der Waals surface area contributed by atoms with Crippen LogP contribution in [0.2, 0.25) is 39.3 Å². The van der Waals surface area contributed by atoms with Gasteiger partial charge in [-0.15, -0.1) is 0 Å². The summed E-state index contributed by atoms with van der Waals surface area (Å²) >= 11 is 0. The molecule has 0 radical (unpaired) electrons. The molecule has 0 heterocycles. The third kappa shape index (κ3) is 3.41.